The molecule has 0 fully saturated rings. The number of thiophene rings is 1. The molecule has 0 unspecified atom stereocenters. The van der Waals surface area contributed by atoms with Crippen LogP contribution in [0.3, 0.4) is 0 Å². The van der Waals surface area contributed by atoms with Gasteiger partial charge in [0.25, 0.3) is 11.5 Å². The van der Waals surface area contributed by atoms with Crippen LogP contribution in [0.1, 0.15) is 35.1 Å². The van der Waals surface area contributed by atoms with Crippen molar-refractivity contribution in [3.63, 3.8) is 0 Å². The Hall–Kier alpha value is -2.72. The van der Waals surface area contributed by atoms with Gasteiger partial charge in [0.2, 0.25) is 0 Å². The lowest BCUT2D eigenvalue weighted by molar-refractivity contribution is 0.0995. The van der Waals surface area contributed by atoms with E-state index in [-0.39, 0.29) is 11.5 Å². The molecule has 3 N–H and O–H groups in total. The van der Waals surface area contributed by atoms with E-state index in [9.17, 15) is 14.4 Å². The predicted octanol–water partition coefficient (Wildman–Crippen LogP) is 2.69. The summed E-state index contributed by atoms with van der Waals surface area (Å²) in [5.74, 6) is -0.410. The third-order valence-electron chi connectivity index (χ3n) is 4.35. The molecule has 10 heteroatoms. The Kier molecular flexibility index (Phi) is 5.80. The highest BCUT2D eigenvalue weighted by Crippen LogP contribution is 2.31. The van der Waals surface area contributed by atoms with Crippen LogP contribution in [0.15, 0.2) is 26.4 Å². The topological polar surface area (TPSA) is 114 Å². The molecule has 0 saturated heterocycles. The van der Waals surface area contributed by atoms with Crippen LogP contribution >= 0.6 is 22.7 Å². The van der Waals surface area contributed by atoms with Gasteiger partial charge in [0.1, 0.15) is 15.7 Å². The minimum absolute atomic E-state index is 0.0155. The Balaban J connectivity index is 2.01. The molecule has 0 saturated carbocycles. The molecule has 3 aromatic rings. The van der Waals surface area contributed by atoms with Crippen molar-refractivity contribution in [1.82, 2.24) is 14.5 Å². The highest BCUT2D eigenvalue weighted by Gasteiger charge is 2.25. The fourth-order valence-electron chi connectivity index (χ4n) is 2.80. The van der Waals surface area contributed by atoms with E-state index in [2.05, 4.69) is 9.97 Å². The summed E-state index contributed by atoms with van der Waals surface area (Å²) < 4.78 is 1.29. The zero-order chi connectivity index (χ0) is 20.4. The molecule has 3 rings (SSSR count). The van der Waals surface area contributed by atoms with Crippen LogP contribution in [0.2, 0.25) is 0 Å². The fourth-order valence-corrected chi connectivity index (χ4v) is 4.55. The number of nitrogens with one attached hydrogen (secondary N) is 1. The molecular weight excluding hydrogens is 398 g/mol. The van der Waals surface area contributed by atoms with E-state index >= 15 is 0 Å². The minimum atomic E-state index is -0.689. The number of hydrogen-bond acceptors (Lipinski definition) is 7. The van der Waals surface area contributed by atoms with Gasteiger partial charge in [0, 0.05) is 24.5 Å². The Morgan fingerprint density at radius 3 is 2.79 bits per heavy atom. The van der Waals surface area contributed by atoms with Crippen LogP contribution in [0.25, 0.3) is 10.6 Å². The number of aromatic nitrogens is 3. The number of carbonyl (C=O) groups is 1. The molecule has 0 spiro atoms. The first-order chi connectivity index (χ1) is 13.3. The van der Waals surface area contributed by atoms with Crippen molar-refractivity contribution in [3.05, 3.63) is 48.2 Å². The van der Waals surface area contributed by atoms with Gasteiger partial charge in [-0.1, -0.05) is 13.3 Å². The van der Waals surface area contributed by atoms with Crippen molar-refractivity contribution in [2.45, 2.75) is 33.2 Å². The van der Waals surface area contributed by atoms with E-state index in [0.29, 0.717) is 17.1 Å². The molecule has 3 aromatic heterocycles. The number of unbranched alkanes of at least 4 members (excludes halogenated alkanes) is 1. The van der Waals surface area contributed by atoms with Crippen molar-refractivity contribution < 1.29 is 4.79 Å². The average molecular weight is 420 g/mol. The average Bonchev–Trinajstić information content (AvgIpc) is 3.30. The quantitative estimate of drug-likeness (QED) is 0.638. The van der Waals surface area contributed by atoms with Gasteiger partial charge < -0.3 is 10.6 Å². The van der Waals surface area contributed by atoms with Crippen LogP contribution in [0.5, 0.6) is 0 Å². The molecular formula is C18H21N5O3S2. The number of amides is 1. The lowest BCUT2D eigenvalue weighted by Crippen LogP contribution is -2.39. The number of aromatic amines is 1. The van der Waals surface area contributed by atoms with Crippen LogP contribution in [-0.2, 0) is 6.54 Å². The summed E-state index contributed by atoms with van der Waals surface area (Å²) in [7, 11) is 1.47. The maximum atomic E-state index is 13.1. The van der Waals surface area contributed by atoms with E-state index in [4.69, 9.17) is 5.73 Å². The second kappa shape index (κ2) is 8.11. The number of anilines is 2. The highest BCUT2D eigenvalue weighted by atomic mass is 32.1. The number of thiazole rings is 1. The summed E-state index contributed by atoms with van der Waals surface area (Å²) >= 11 is 2.82. The van der Waals surface area contributed by atoms with Crippen molar-refractivity contribution >= 4 is 40.1 Å². The van der Waals surface area contributed by atoms with E-state index < -0.39 is 17.2 Å². The Morgan fingerprint density at radius 1 is 1.39 bits per heavy atom. The maximum Gasteiger partial charge on any atom is 0.330 e. The maximum absolute atomic E-state index is 13.1. The second-order valence-electron chi connectivity index (χ2n) is 6.31. The van der Waals surface area contributed by atoms with Crippen LogP contribution < -0.4 is 21.9 Å². The number of H-pyrrole nitrogens is 1. The number of carbonyl (C=O) groups excluding carboxylic acids is 1. The summed E-state index contributed by atoms with van der Waals surface area (Å²) in [6, 6.07) is 1.94. The molecule has 1 amide bonds. The van der Waals surface area contributed by atoms with E-state index in [1.54, 1.807) is 18.3 Å². The molecule has 0 aromatic carbocycles. The molecule has 0 aliphatic rings. The molecule has 0 bridgehead atoms. The molecule has 0 radical (unpaired) electrons. The van der Waals surface area contributed by atoms with Gasteiger partial charge in [-0.15, -0.1) is 11.3 Å². The normalized spacial score (nSPS) is 11.0. The Morgan fingerprint density at radius 2 is 2.14 bits per heavy atom. The molecule has 28 heavy (non-hydrogen) atoms. The van der Waals surface area contributed by atoms with E-state index in [0.717, 1.165) is 23.4 Å². The second-order valence-corrected chi connectivity index (χ2v) is 8.09. The number of nitrogens with two attached hydrogens (primary N) is 1. The fraction of sp³-hybridized carbons (Fsp3) is 0.333. The zero-order valence-corrected chi connectivity index (χ0v) is 17.4. The molecule has 0 aliphatic heterocycles. The summed E-state index contributed by atoms with van der Waals surface area (Å²) in [4.78, 5) is 45.9. The first-order valence-electron chi connectivity index (χ1n) is 8.75. The predicted molar refractivity (Wildman–Crippen MR) is 114 cm³/mol. The summed E-state index contributed by atoms with van der Waals surface area (Å²) in [6.07, 6.45) is 1.59. The largest absolute Gasteiger partial charge is 0.383 e. The van der Waals surface area contributed by atoms with E-state index in [1.807, 2.05) is 23.8 Å². The van der Waals surface area contributed by atoms with Crippen molar-refractivity contribution in [1.29, 1.82) is 0 Å². The van der Waals surface area contributed by atoms with Crippen LogP contribution in [-0.4, -0.2) is 27.5 Å². The Labute approximate surface area is 169 Å². The summed E-state index contributed by atoms with van der Waals surface area (Å²) in [5, 5.41) is 4.65. The third-order valence-corrected chi connectivity index (χ3v) is 6.23. The van der Waals surface area contributed by atoms with Crippen molar-refractivity contribution in [2.24, 2.45) is 0 Å². The minimum Gasteiger partial charge on any atom is -0.383 e. The van der Waals surface area contributed by atoms with E-state index in [1.165, 1.54) is 27.9 Å². The van der Waals surface area contributed by atoms with Crippen LogP contribution in [0, 0.1) is 6.92 Å². The zero-order valence-electron chi connectivity index (χ0n) is 15.8. The van der Waals surface area contributed by atoms with Gasteiger partial charge in [-0.2, -0.15) is 11.3 Å². The smallest absolute Gasteiger partial charge is 0.330 e. The van der Waals surface area contributed by atoms with Gasteiger partial charge in [-0.3, -0.25) is 19.1 Å². The first-order valence-corrected chi connectivity index (χ1v) is 10.5. The third kappa shape index (κ3) is 3.65. The lowest BCUT2D eigenvalue weighted by atomic mass is 10.3. The number of rotatable bonds is 6. The monoisotopic (exact) mass is 419 g/mol. The van der Waals surface area contributed by atoms with Crippen LogP contribution in [0.4, 0.5) is 11.5 Å². The summed E-state index contributed by atoms with van der Waals surface area (Å²) in [6.45, 7) is 4.11. The Bertz CT molecular complexity index is 1110. The van der Waals surface area contributed by atoms with Gasteiger partial charge in [0.05, 0.1) is 5.69 Å². The molecule has 3 heterocycles. The van der Waals surface area contributed by atoms with Crippen molar-refractivity contribution in [2.75, 3.05) is 17.7 Å². The number of nitrogens with zero attached hydrogens (tertiary/aromatic N) is 3. The SMILES string of the molecule is CCCCn1c(N)c(N(C)C(=O)c2sc(-c3ccsc3)nc2C)c(=O)[nH]c1=O. The summed E-state index contributed by atoms with van der Waals surface area (Å²) in [5.41, 5.74) is 6.33. The molecule has 148 valence electrons. The van der Waals surface area contributed by atoms with Gasteiger partial charge >= 0.3 is 5.69 Å². The number of nitrogen functional groups attached to an aromatic ring is 1. The standard InChI is InChI=1S/C18H21N5O3S2/c1-4-5-7-23-14(19)12(15(24)21-18(23)26)22(3)17(25)13-10(2)20-16(28-13)11-6-8-27-9-11/h6,8-9H,4-5,7,19H2,1-3H3,(H,21,24,26). The molecule has 8 nitrogen and oxygen atoms in total. The number of aryl methyl sites for hydroxylation is 1. The van der Waals surface area contributed by atoms with Crippen molar-refractivity contribution in [3.8, 4) is 10.6 Å². The molecule has 0 atom stereocenters. The van der Waals surface area contributed by atoms with Gasteiger partial charge in [-0.25, -0.2) is 9.78 Å². The first kappa shape index (κ1) is 20.0. The van der Waals surface area contributed by atoms with Gasteiger partial charge in [-0.05, 0) is 24.8 Å². The lowest BCUT2D eigenvalue weighted by Gasteiger charge is -2.20. The number of hydrogen-bond donors (Lipinski definition) is 2. The highest BCUT2D eigenvalue weighted by molar-refractivity contribution is 7.17. The molecule has 0 aliphatic carbocycles. The van der Waals surface area contributed by atoms with Gasteiger partial charge in [0.15, 0.2) is 5.69 Å².